The zero-order chi connectivity index (χ0) is 17.8. The third kappa shape index (κ3) is 4.82. The zero-order valence-electron chi connectivity index (χ0n) is 13.7. The Balaban J connectivity index is 1.60. The molecule has 6 heteroatoms. The molecule has 1 fully saturated rings. The van der Waals surface area contributed by atoms with Gasteiger partial charge in [0.15, 0.2) is 0 Å². The average Bonchev–Trinajstić information content (AvgIpc) is 3.43. The molecule has 1 saturated carbocycles. The zero-order valence-corrected chi connectivity index (χ0v) is 13.7. The van der Waals surface area contributed by atoms with E-state index in [2.05, 4.69) is 4.98 Å². The van der Waals surface area contributed by atoms with E-state index in [1.807, 2.05) is 0 Å². The summed E-state index contributed by atoms with van der Waals surface area (Å²) < 4.78 is 26.2. The minimum Gasteiger partial charge on any atom is -0.387 e. The molecule has 1 atom stereocenters. The highest BCUT2D eigenvalue weighted by atomic mass is 19.1. The minimum atomic E-state index is -0.860. The molecule has 1 aromatic heterocycles. The Morgan fingerprint density at radius 3 is 2.56 bits per heavy atom. The summed E-state index contributed by atoms with van der Waals surface area (Å²) >= 11 is 0. The van der Waals surface area contributed by atoms with Gasteiger partial charge in [-0.2, -0.15) is 0 Å². The van der Waals surface area contributed by atoms with Gasteiger partial charge in [-0.25, -0.2) is 8.78 Å². The minimum absolute atomic E-state index is 0.0760. The van der Waals surface area contributed by atoms with Crippen molar-refractivity contribution in [2.45, 2.75) is 37.8 Å². The van der Waals surface area contributed by atoms with E-state index in [0.717, 1.165) is 19.0 Å². The van der Waals surface area contributed by atoms with E-state index in [0.29, 0.717) is 17.5 Å². The first-order valence-electron chi connectivity index (χ1n) is 8.35. The number of aryl methyl sites for hydroxylation is 1. The van der Waals surface area contributed by atoms with Gasteiger partial charge in [0, 0.05) is 18.7 Å². The molecule has 0 radical (unpaired) electrons. The molecule has 132 valence electrons. The first-order chi connectivity index (χ1) is 12.0. The summed E-state index contributed by atoms with van der Waals surface area (Å²) in [5, 5.41) is 10.4. The topological polar surface area (TPSA) is 53.4 Å². The maximum Gasteiger partial charge on any atom is 0.223 e. The van der Waals surface area contributed by atoms with Crippen LogP contribution in [0.4, 0.5) is 8.78 Å². The summed E-state index contributed by atoms with van der Waals surface area (Å²) in [7, 11) is 0. The third-order valence-corrected chi connectivity index (χ3v) is 4.32. The second-order valence-corrected chi connectivity index (χ2v) is 6.36. The molecule has 3 rings (SSSR count). The number of carbonyl (C=O) groups excluding carboxylic acids is 1. The predicted octanol–water partition coefficient (Wildman–Crippen LogP) is 3.02. The van der Waals surface area contributed by atoms with Crippen LogP contribution in [0.2, 0.25) is 0 Å². The van der Waals surface area contributed by atoms with Crippen LogP contribution in [0.15, 0.2) is 42.7 Å². The molecular formula is C19H20F2N2O2. The largest absolute Gasteiger partial charge is 0.387 e. The number of amides is 1. The van der Waals surface area contributed by atoms with E-state index >= 15 is 0 Å². The number of hydrogen-bond acceptors (Lipinski definition) is 3. The van der Waals surface area contributed by atoms with Gasteiger partial charge in [0.25, 0.3) is 0 Å². The maximum atomic E-state index is 13.2. The molecule has 2 aromatic rings. The smallest absolute Gasteiger partial charge is 0.223 e. The fourth-order valence-corrected chi connectivity index (χ4v) is 2.80. The van der Waals surface area contributed by atoms with E-state index in [1.165, 1.54) is 30.3 Å². The highest BCUT2D eigenvalue weighted by Crippen LogP contribution is 2.29. The van der Waals surface area contributed by atoms with Crippen LogP contribution in [0.3, 0.4) is 0 Å². The van der Waals surface area contributed by atoms with Crippen molar-refractivity contribution in [3.05, 3.63) is 65.5 Å². The number of benzene rings is 1. The van der Waals surface area contributed by atoms with Crippen molar-refractivity contribution >= 4 is 5.91 Å². The summed E-state index contributed by atoms with van der Waals surface area (Å²) in [6.45, 7) is 0.177. The van der Waals surface area contributed by atoms with Crippen LogP contribution in [0.5, 0.6) is 0 Å². The number of aliphatic hydroxyl groups excluding tert-OH is 1. The molecule has 0 aliphatic heterocycles. The van der Waals surface area contributed by atoms with Gasteiger partial charge in [0.1, 0.15) is 11.6 Å². The molecule has 1 unspecified atom stereocenters. The summed E-state index contributed by atoms with van der Waals surface area (Å²) in [6.07, 6.45) is 4.29. The van der Waals surface area contributed by atoms with Gasteiger partial charge in [-0.05, 0) is 48.6 Å². The lowest BCUT2D eigenvalue weighted by Crippen LogP contribution is -2.36. The Bertz CT molecular complexity index is 732. The Kier molecular flexibility index (Phi) is 5.38. The average molecular weight is 346 g/mol. The lowest BCUT2D eigenvalue weighted by Gasteiger charge is -2.25. The standard InChI is InChI=1S/C19H20F2N2O2/c20-15-4-2-14(3-5-15)18(24)12-23(17-6-7-17)19(25)8-1-13-9-16(21)11-22-10-13/h2-5,9-11,17-18,24H,1,6-8,12H2. The molecule has 4 nitrogen and oxygen atoms in total. The van der Waals surface area contributed by atoms with Crippen LogP contribution in [0.1, 0.15) is 36.5 Å². The number of aromatic nitrogens is 1. The summed E-state index contributed by atoms with van der Waals surface area (Å²) in [5.41, 5.74) is 1.25. The highest BCUT2D eigenvalue weighted by Gasteiger charge is 2.33. The molecular weight excluding hydrogens is 326 g/mol. The Morgan fingerprint density at radius 1 is 1.20 bits per heavy atom. The van der Waals surface area contributed by atoms with Gasteiger partial charge in [-0.15, -0.1) is 0 Å². The first-order valence-corrected chi connectivity index (χ1v) is 8.35. The van der Waals surface area contributed by atoms with Crippen molar-refractivity contribution in [1.82, 2.24) is 9.88 Å². The van der Waals surface area contributed by atoms with E-state index in [-0.39, 0.29) is 30.7 Å². The number of hydrogen-bond donors (Lipinski definition) is 1. The molecule has 1 aromatic carbocycles. The van der Waals surface area contributed by atoms with Crippen LogP contribution in [0, 0.1) is 11.6 Å². The van der Waals surface area contributed by atoms with Gasteiger partial charge < -0.3 is 10.0 Å². The summed E-state index contributed by atoms with van der Waals surface area (Å²) in [6, 6.07) is 7.14. The number of nitrogens with zero attached hydrogens (tertiary/aromatic N) is 2. The Hall–Kier alpha value is -2.34. The van der Waals surface area contributed by atoms with Crippen LogP contribution in [-0.2, 0) is 11.2 Å². The van der Waals surface area contributed by atoms with Crippen LogP contribution >= 0.6 is 0 Å². The number of halogens is 2. The second-order valence-electron chi connectivity index (χ2n) is 6.36. The number of aliphatic hydroxyl groups is 1. The molecule has 25 heavy (non-hydrogen) atoms. The SMILES string of the molecule is O=C(CCc1cncc(F)c1)N(CC(O)c1ccc(F)cc1)C1CC1. The molecule has 1 aliphatic carbocycles. The molecule has 0 bridgehead atoms. The van der Waals surface area contributed by atoms with Crippen LogP contribution < -0.4 is 0 Å². The molecule has 1 amide bonds. The second kappa shape index (κ2) is 7.70. The van der Waals surface area contributed by atoms with Crippen molar-refractivity contribution in [2.24, 2.45) is 0 Å². The highest BCUT2D eigenvalue weighted by molar-refractivity contribution is 5.77. The van der Waals surface area contributed by atoms with E-state index in [4.69, 9.17) is 0 Å². The predicted molar refractivity (Wildman–Crippen MR) is 88.6 cm³/mol. The van der Waals surface area contributed by atoms with Gasteiger partial charge in [-0.3, -0.25) is 9.78 Å². The van der Waals surface area contributed by atoms with E-state index in [9.17, 15) is 18.7 Å². The fourth-order valence-electron chi connectivity index (χ4n) is 2.80. The van der Waals surface area contributed by atoms with Crippen molar-refractivity contribution < 1.29 is 18.7 Å². The van der Waals surface area contributed by atoms with E-state index in [1.54, 1.807) is 11.1 Å². The van der Waals surface area contributed by atoms with Gasteiger partial charge in [0.05, 0.1) is 18.8 Å². The number of rotatable bonds is 7. The third-order valence-electron chi connectivity index (χ3n) is 4.32. The number of carbonyl (C=O) groups is 1. The van der Waals surface area contributed by atoms with Crippen molar-refractivity contribution in [2.75, 3.05) is 6.54 Å². The van der Waals surface area contributed by atoms with Gasteiger partial charge in [0.2, 0.25) is 5.91 Å². The summed E-state index contributed by atoms with van der Waals surface area (Å²) in [4.78, 5) is 18.0. The molecule has 0 spiro atoms. The molecule has 1 heterocycles. The van der Waals surface area contributed by atoms with Crippen LogP contribution in [-0.4, -0.2) is 33.5 Å². The first kappa shape index (κ1) is 17.5. The van der Waals surface area contributed by atoms with Gasteiger partial charge >= 0.3 is 0 Å². The van der Waals surface area contributed by atoms with Crippen molar-refractivity contribution in [3.8, 4) is 0 Å². The van der Waals surface area contributed by atoms with E-state index < -0.39 is 11.9 Å². The monoisotopic (exact) mass is 346 g/mol. The molecule has 1 N–H and O–H groups in total. The quantitative estimate of drug-likeness (QED) is 0.838. The maximum absolute atomic E-state index is 13.2. The van der Waals surface area contributed by atoms with Crippen LogP contribution in [0.25, 0.3) is 0 Å². The van der Waals surface area contributed by atoms with Crippen molar-refractivity contribution in [1.29, 1.82) is 0 Å². The molecule has 0 saturated heterocycles. The van der Waals surface area contributed by atoms with Gasteiger partial charge in [-0.1, -0.05) is 12.1 Å². The Morgan fingerprint density at radius 2 is 1.92 bits per heavy atom. The number of pyridine rings is 1. The Labute approximate surface area is 145 Å². The lowest BCUT2D eigenvalue weighted by molar-refractivity contribution is -0.133. The normalized spacial score (nSPS) is 15.0. The van der Waals surface area contributed by atoms with Crippen molar-refractivity contribution in [3.63, 3.8) is 0 Å². The lowest BCUT2D eigenvalue weighted by atomic mass is 10.1. The molecule has 1 aliphatic rings. The fraction of sp³-hybridized carbons (Fsp3) is 0.368. The summed E-state index contributed by atoms with van der Waals surface area (Å²) in [5.74, 6) is -0.863.